The Kier molecular flexibility index (Phi) is 3.97. The van der Waals surface area contributed by atoms with Crippen molar-refractivity contribution < 1.29 is 13.5 Å². The Morgan fingerprint density at radius 3 is 2.52 bits per heavy atom. The van der Waals surface area contributed by atoms with Crippen molar-refractivity contribution in [2.45, 2.75) is 29.8 Å². The third-order valence-corrected chi connectivity index (χ3v) is 6.40. The lowest BCUT2D eigenvalue weighted by Crippen LogP contribution is -2.24. The summed E-state index contributed by atoms with van der Waals surface area (Å²) in [5.41, 5.74) is 1.12. The Hall–Kier alpha value is -1.43. The number of aliphatic hydroxyl groups excluding tert-OH is 1. The van der Waals surface area contributed by atoms with Crippen molar-refractivity contribution in [2.75, 3.05) is 0 Å². The molecule has 0 aliphatic heterocycles. The highest BCUT2D eigenvalue weighted by Crippen LogP contribution is 2.36. The van der Waals surface area contributed by atoms with E-state index >= 15 is 0 Å². The van der Waals surface area contributed by atoms with Crippen LogP contribution in [0.1, 0.15) is 24.3 Å². The lowest BCUT2D eigenvalue weighted by Gasteiger charge is -2.25. The fourth-order valence-corrected chi connectivity index (χ4v) is 4.96. The second kappa shape index (κ2) is 5.75. The van der Waals surface area contributed by atoms with Gasteiger partial charge < -0.3 is 5.11 Å². The summed E-state index contributed by atoms with van der Waals surface area (Å²) >= 11 is 1.60. The van der Waals surface area contributed by atoms with E-state index in [1.807, 2.05) is 16.8 Å². The number of hydrogen-bond donors (Lipinski definition) is 1. The predicted molar refractivity (Wildman–Crippen MR) is 84.0 cm³/mol. The van der Waals surface area contributed by atoms with E-state index in [1.54, 1.807) is 47.7 Å². The first-order valence-corrected chi connectivity index (χ1v) is 9.23. The van der Waals surface area contributed by atoms with Crippen molar-refractivity contribution in [3.05, 3.63) is 63.7 Å². The van der Waals surface area contributed by atoms with Gasteiger partial charge in [-0.2, -0.15) is 11.3 Å². The van der Waals surface area contributed by atoms with Gasteiger partial charge in [0.2, 0.25) is 9.84 Å². The van der Waals surface area contributed by atoms with E-state index in [4.69, 9.17) is 0 Å². The van der Waals surface area contributed by atoms with Crippen LogP contribution in [-0.2, 0) is 9.84 Å². The number of benzene rings is 1. The van der Waals surface area contributed by atoms with E-state index in [1.165, 1.54) is 0 Å². The Balaban J connectivity index is 2.03. The topological polar surface area (TPSA) is 54.4 Å². The molecule has 0 spiro atoms. The molecule has 2 aromatic rings. The first kappa shape index (κ1) is 14.5. The summed E-state index contributed by atoms with van der Waals surface area (Å²) < 4.78 is 25.4. The number of rotatable bonds is 3. The van der Waals surface area contributed by atoms with Crippen molar-refractivity contribution in [3.63, 3.8) is 0 Å². The Morgan fingerprint density at radius 1 is 1.10 bits per heavy atom. The first-order valence-electron chi connectivity index (χ1n) is 6.81. The molecular formula is C16H16O3S2. The molecule has 3 rings (SSSR count). The molecule has 5 heteroatoms. The van der Waals surface area contributed by atoms with Crippen LogP contribution in [0.3, 0.4) is 0 Å². The number of allylic oxidation sites excluding steroid dienone is 1. The zero-order valence-electron chi connectivity index (χ0n) is 11.3. The second-order valence-electron chi connectivity index (χ2n) is 5.14. The van der Waals surface area contributed by atoms with Gasteiger partial charge in [0.05, 0.1) is 15.9 Å². The van der Waals surface area contributed by atoms with E-state index in [9.17, 15) is 13.5 Å². The van der Waals surface area contributed by atoms with Crippen molar-refractivity contribution in [1.29, 1.82) is 0 Å². The van der Waals surface area contributed by atoms with Gasteiger partial charge in [-0.25, -0.2) is 8.42 Å². The summed E-state index contributed by atoms with van der Waals surface area (Å²) in [5.74, 6) is 0.0631. The van der Waals surface area contributed by atoms with Crippen LogP contribution in [-0.4, -0.2) is 19.6 Å². The molecule has 0 fully saturated rings. The molecule has 1 heterocycles. The van der Waals surface area contributed by atoms with Gasteiger partial charge in [0, 0.05) is 5.92 Å². The molecule has 1 aromatic heterocycles. The fraction of sp³-hybridized carbons (Fsp3) is 0.250. The average Bonchev–Trinajstić information content (AvgIpc) is 3.03. The standard InChI is InChI=1S/C16H16O3S2/c17-15-7-6-12(13-8-9-20-11-13)10-16(15)21(18,19)14-4-2-1-3-5-14/h1-5,8-12,15,17H,6-7H2/t12-,15+/m0/s1. The quantitative estimate of drug-likeness (QED) is 0.943. The molecule has 110 valence electrons. The van der Waals surface area contributed by atoms with Crippen LogP contribution in [0, 0.1) is 0 Å². The van der Waals surface area contributed by atoms with E-state index in [-0.39, 0.29) is 15.7 Å². The highest BCUT2D eigenvalue weighted by atomic mass is 32.2. The molecule has 0 amide bonds. The Bertz CT molecular complexity index is 731. The third kappa shape index (κ3) is 2.81. The van der Waals surface area contributed by atoms with Crippen LogP contribution in [0.15, 0.2) is 63.0 Å². The summed E-state index contributed by atoms with van der Waals surface area (Å²) in [6.07, 6.45) is 2.05. The zero-order chi connectivity index (χ0) is 14.9. The van der Waals surface area contributed by atoms with Crippen molar-refractivity contribution in [2.24, 2.45) is 0 Å². The summed E-state index contributed by atoms with van der Waals surface area (Å²) in [6, 6.07) is 10.3. The summed E-state index contributed by atoms with van der Waals surface area (Å²) in [5, 5.41) is 14.2. The van der Waals surface area contributed by atoms with Crippen LogP contribution in [0.25, 0.3) is 0 Å². The predicted octanol–water partition coefficient (Wildman–Crippen LogP) is 3.34. The van der Waals surface area contributed by atoms with Gasteiger partial charge in [0.1, 0.15) is 0 Å². The minimum Gasteiger partial charge on any atom is -0.388 e. The molecule has 2 atom stereocenters. The van der Waals surface area contributed by atoms with Gasteiger partial charge in [0.15, 0.2) is 0 Å². The van der Waals surface area contributed by atoms with Crippen molar-refractivity contribution in [1.82, 2.24) is 0 Å². The van der Waals surface area contributed by atoms with E-state index in [0.29, 0.717) is 6.42 Å². The van der Waals surface area contributed by atoms with Crippen molar-refractivity contribution >= 4 is 21.2 Å². The molecular weight excluding hydrogens is 304 g/mol. The first-order chi connectivity index (χ1) is 10.1. The maximum Gasteiger partial charge on any atom is 0.205 e. The largest absolute Gasteiger partial charge is 0.388 e. The van der Waals surface area contributed by atoms with Gasteiger partial charge in [-0.3, -0.25) is 0 Å². The number of thiophene rings is 1. The summed E-state index contributed by atoms with van der Waals surface area (Å²) in [7, 11) is -3.62. The van der Waals surface area contributed by atoms with Crippen LogP contribution in [0.5, 0.6) is 0 Å². The lowest BCUT2D eigenvalue weighted by atomic mass is 9.90. The number of hydrogen-bond acceptors (Lipinski definition) is 4. The lowest BCUT2D eigenvalue weighted by molar-refractivity contribution is 0.195. The zero-order valence-corrected chi connectivity index (χ0v) is 13.0. The van der Waals surface area contributed by atoms with E-state index in [0.717, 1.165) is 12.0 Å². The third-order valence-electron chi connectivity index (χ3n) is 3.78. The summed E-state index contributed by atoms with van der Waals surface area (Å²) in [6.45, 7) is 0. The number of sulfone groups is 1. The molecule has 21 heavy (non-hydrogen) atoms. The van der Waals surface area contributed by atoms with Crippen LogP contribution >= 0.6 is 11.3 Å². The molecule has 0 saturated heterocycles. The fourth-order valence-electron chi connectivity index (χ4n) is 2.63. The minimum absolute atomic E-state index is 0.0631. The van der Waals surface area contributed by atoms with E-state index in [2.05, 4.69) is 0 Å². The summed E-state index contributed by atoms with van der Waals surface area (Å²) in [4.78, 5) is 0.373. The molecule has 0 bridgehead atoms. The van der Waals surface area contributed by atoms with Crippen molar-refractivity contribution in [3.8, 4) is 0 Å². The number of aliphatic hydroxyl groups is 1. The van der Waals surface area contributed by atoms with Crippen LogP contribution in [0.2, 0.25) is 0 Å². The van der Waals surface area contributed by atoms with Crippen LogP contribution < -0.4 is 0 Å². The van der Waals surface area contributed by atoms with Gasteiger partial charge in [-0.05, 0) is 47.4 Å². The van der Waals surface area contributed by atoms with Gasteiger partial charge in [-0.1, -0.05) is 24.3 Å². The van der Waals surface area contributed by atoms with Gasteiger partial charge >= 0.3 is 0 Å². The molecule has 1 aromatic carbocycles. The molecule has 1 aliphatic rings. The highest BCUT2D eigenvalue weighted by Gasteiger charge is 2.31. The second-order valence-corrected chi connectivity index (χ2v) is 7.87. The van der Waals surface area contributed by atoms with Crippen LogP contribution in [0.4, 0.5) is 0 Å². The maximum atomic E-state index is 12.7. The normalized spacial score (nSPS) is 22.8. The van der Waals surface area contributed by atoms with Gasteiger partial charge in [0.25, 0.3) is 0 Å². The molecule has 0 saturated carbocycles. The molecule has 3 nitrogen and oxygen atoms in total. The monoisotopic (exact) mass is 320 g/mol. The van der Waals surface area contributed by atoms with Gasteiger partial charge in [-0.15, -0.1) is 0 Å². The minimum atomic E-state index is -3.62. The van der Waals surface area contributed by atoms with E-state index < -0.39 is 15.9 Å². The SMILES string of the molecule is O=S(=O)(C1=C[C@@H](c2ccsc2)CC[C@H]1O)c1ccccc1. The Morgan fingerprint density at radius 2 is 1.86 bits per heavy atom. The molecule has 0 unspecified atom stereocenters. The molecule has 1 aliphatic carbocycles. The molecule has 1 N–H and O–H groups in total. The average molecular weight is 320 g/mol. The smallest absolute Gasteiger partial charge is 0.205 e. The molecule has 0 radical (unpaired) electrons. The highest BCUT2D eigenvalue weighted by molar-refractivity contribution is 7.95. The maximum absolute atomic E-state index is 12.7. The Labute approximate surface area is 128 Å².